The Hall–Kier alpha value is -0.370. The summed E-state index contributed by atoms with van der Waals surface area (Å²) < 4.78 is 0. The molecule has 0 aliphatic rings. The Bertz CT molecular complexity index is 54.5. The summed E-state index contributed by atoms with van der Waals surface area (Å²) >= 11 is 0. The summed E-state index contributed by atoms with van der Waals surface area (Å²) in [6.07, 6.45) is 5.25. The van der Waals surface area contributed by atoms with Crippen LogP contribution in [0.4, 0.5) is 0 Å². The van der Waals surface area contributed by atoms with Crippen molar-refractivity contribution in [1.29, 1.82) is 5.41 Å². The second-order valence-electron chi connectivity index (χ2n) is 1.78. The third kappa shape index (κ3) is 5.63. The quantitative estimate of drug-likeness (QED) is 0.410. The van der Waals surface area contributed by atoms with Gasteiger partial charge in [-0.05, 0) is 25.5 Å². The third-order valence-corrected chi connectivity index (χ3v) is 1.01. The molecule has 0 aromatic rings. The van der Waals surface area contributed by atoms with Crippen LogP contribution in [0.1, 0.15) is 25.7 Å². The van der Waals surface area contributed by atoms with Crippen LogP contribution in [-0.2, 0) is 0 Å². The summed E-state index contributed by atoms with van der Waals surface area (Å²) in [4.78, 5) is 0. The molecule has 0 unspecified atom stereocenters. The zero-order valence-corrected chi connectivity index (χ0v) is 5.06. The highest BCUT2D eigenvalue weighted by Crippen LogP contribution is 1.95. The molecule has 0 rings (SSSR count). The summed E-state index contributed by atoms with van der Waals surface area (Å²) in [6.45, 7) is 0.290. The second kappa shape index (κ2) is 6.63. The van der Waals surface area contributed by atoms with Crippen LogP contribution >= 0.6 is 0 Å². The van der Waals surface area contributed by atoms with Crippen LogP contribution < -0.4 is 0 Å². The van der Waals surface area contributed by atoms with Gasteiger partial charge in [-0.15, -0.1) is 0 Å². The van der Waals surface area contributed by atoms with Gasteiger partial charge < -0.3 is 10.5 Å². The lowest BCUT2D eigenvalue weighted by molar-refractivity contribution is 0.283. The van der Waals surface area contributed by atoms with E-state index in [-0.39, 0.29) is 6.61 Å². The van der Waals surface area contributed by atoms with Crippen molar-refractivity contribution >= 4 is 6.21 Å². The van der Waals surface area contributed by atoms with Gasteiger partial charge in [-0.1, -0.05) is 6.42 Å². The predicted octanol–water partition coefficient (Wildman–Crippen LogP) is 1.19. The van der Waals surface area contributed by atoms with E-state index in [0.717, 1.165) is 25.7 Å². The molecular formula is C6H13NO. The Labute approximate surface area is 50.0 Å². The molecule has 0 heterocycles. The van der Waals surface area contributed by atoms with E-state index in [9.17, 15) is 0 Å². The number of hydrogen-bond donors (Lipinski definition) is 2. The van der Waals surface area contributed by atoms with Crippen LogP contribution in [0.3, 0.4) is 0 Å². The largest absolute Gasteiger partial charge is 0.396 e. The maximum atomic E-state index is 8.31. The van der Waals surface area contributed by atoms with Crippen molar-refractivity contribution in [3.8, 4) is 0 Å². The van der Waals surface area contributed by atoms with Crippen molar-refractivity contribution in [2.75, 3.05) is 6.61 Å². The normalized spacial score (nSPS) is 9.12. The molecule has 0 fully saturated rings. The van der Waals surface area contributed by atoms with Gasteiger partial charge in [-0.2, -0.15) is 0 Å². The number of aliphatic hydroxyl groups excluding tert-OH is 1. The fraction of sp³-hybridized carbons (Fsp3) is 0.833. The van der Waals surface area contributed by atoms with Crippen LogP contribution in [-0.4, -0.2) is 17.9 Å². The van der Waals surface area contributed by atoms with Crippen molar-refractivity contribution in [3.05, 3.63) is 0 Å². The van der Waals surface area contributed by atoms with Crippen molar-refractivity contribution in [1.82, 2.24) is 0 Å². The molecule has 0 bridgehead atoms. The van der Waals surface area contributed by atoms with Gasteiger partial charge >= 0.3 is 0 Å². The molecule has 0 amide bonds. The zero-order valence-electron chi connectivity index (χ0n) is 5.06. The second-order valence-corrected chi connectivity index (χ2v) is 1.78. The van der Waals surface area contributed by atoms with Gasteiger partial charge in [0.25, 0.3) is 0 Å². The number of nitrogens with one attached hydrogen (secondary N) is 1. The van der Waals surface area contributed by atoms with E-state index in [1.54, 1.807) is 0 Å². The molecule has 8 heavy (non-hydrogen) atoms. The first kappa shape index (κ1) is 7.63. The van der Waals surface area contributed by atoms with Gasteiger partial charge in [-0.3, -0.25) is 0 Å². The minimum absolute atomic E-state index is 0.290. The summed E-state index contributed by atoms with van der Waals surface area (Å²) in [5.74, 6) is 0. The predicted molar refractivity (Wildman–Crippen MR) is 34.3 cm³/mol. The zero-order chi connectivity index (χ0) is 6.24. The molecule has 0 spiro atoms. The Morgan fingerprint density at radius 1 is 1.25 bits per heavy atom. The maximum Gasteiger partial charge on any atom is 0.0431 e. The van der Waals surface area contributed by atoms with E-state index in [1.807, 2.05) is 0 Å². The molecule has 2 heteroatoms. The van der Waals surface area contributed by atoms with Crippen molar-refractivity contribution < 1.29 is 5.11 Å². The summed E-state index contributed by atoms with van der Waals surface area (Å²) in [5.41, 5.74) is 0. The van der Waals surface area contributed by atoms with Gasteiger partial charge in [0.1, 0.15) is 0 Å². The number of rotatable bonds is 5. The van der Waals surface area contributed by atoms with Crippen molar-refractivity contribution in [2.45, 2.75) is 25.7 Å². The smallest absolute Gasteiger partial charge is 0.0431 e. The first-order chi connectivity index (χ1) is 3.91. The maximum absolute atomic E-state index is 8.31. The summed E-state index contributed by atoms with van der Waals surface area (Å²) in [5, 5.41) is 15.0. The van der Waals surface area contributed by atoms with Gasteiger partial charge in [0.2, 0.25) is 0 Å². The molecule has 0 aromatic heterocycles. The standard InChI is InChI=1S/C6H13NO/c7-5-3-1-2-4-6-8/h5,7-8H,1-4,6H2. The Balaban J connectivity index is 2.62. The molecule has 0 saturated heterocycles. The molecule has 0 atom stereocenters. The highest BCUT2D eigenvalue weighted by atomic mass is 16.2. The monoisotopic (exact) mass is 115 g/mol. The Morgan fingerprint density at radius 3 is 2.50 bits per heavy atom. The molecule has 48 valence electrons. The average Bonchev–Trinajstić information content (AvgIpc) is 1.81. The molecule has 0 aliphatic heterocycles. The van der Waals surface area contributed by atoms with Crippen LogP contribution in [0.5, 0.6) is 0 Å². The number of aliphatic hydroxyl groups is 1. The number of unbranched alkanes of at least 4 members (excludes halogenated alkanes) is 3. The van der Waals surface area contributed by atoms with Gasteiger partial charge in [0.15, 0.2) is 0 Å². The molecule has 0 saturated carbocycles. The van der Waals surface area contributed by atoms with Crippen LogP contribution in [0.15, 0.2) is 0 Å². The van der Waals surface area contributed by atoms with E-state index in [0.29, 0.717) is 0 Å². The Morgan fingerprint density at radius 2 is 2.00 bits per heavy atom. The van der Waals surface area contributed by atoms with Crippen LogP contribution in [0.25, 0.3) is 0 Å². The van der Waals surface area contributed by atoms with Crippen molar-refractivity contribution in [2.24, 2.45) is 0 Å². The molecule has 0 aromatic carbocycles. The summed E-state index contributed by atoms with van der Waals surface area (Å²) in [6, 6.07) is 0. The topological polar surface area (TPSA) is 44.1 Å². The minimum Gasteiger partial charge on any atom is -0.396 e. The SMILES string of the molecule is N=CCCCCCO. The summed E-state index contributed by atoms with van der Waals surface area (Å²) in [7, 11) is 0. The molecular weight excluding hydrogens is 102 g/mol. The fourth-order valence-electron chi connectivity index (χ4n) is 0.535. The lowest BCUT2D eigenvalue weighted by Crippen LogP contribution is -1.82. The van der Waals surface area contributed by atoms with E-state index < -0.39 is 0 Å². The molecule has 2 nitrogen and oxygen atoms in total. The highest BCUT2D eigenvalue weighted by molar-refractivity contribution is 5.52. The van der Waals surface area contributed by atoms with Gasteiger partial charge in [0.05, 0.1) is 0 Å². The first-order valence-electron chi connectivity index (χ1n) is 3.01. The van der Waals surface area contributed by atoms with Gasteiger partial charge in [0, 0.05) is 6.61 Å². The first-order valence-corrected chi connectivity index (χ1v) is 3.01. The van der Waals surface area contributed by atoms with Gasteiger partial charge in [-0.25, -0.2) is 0 Å². The lowest BCUT2D eigenvalue weighted by Gasteiger charge is -1.90. The van der Waals surface area contributed by atoms with E-state index in [1.165, 1.54) is 6.21 Å². The van der Waals surface area contributed by atoms with E-state index in [4.69, 9.17) is 10.5 Å². The molecule has 0 radical (unpaired) electrons. The van der Waals surface area contributed by atoms with Crippen LogP contribution in [0.2, 0.25) is 0 Å². The van der Waals surface area contributed by atoms with Crippen LogP contribution in [0, 0.1) is 5.41 Å². The molecule has 2 N–H and O–H groups in total. The van der Waals surface area contributed by atoms with E-state index in [2.05, 4.69) is 0 Å². The fourth-order valence-corrected chi connectivity index (χ4v) is 0.535. The van der Waals surface area contributed by atoms with E-state index >= 15 is 0 Å². The van der Waals surface area contributed by atoms with Crippen molar-refractivity contribution in [3.63, 3.8) is 0 Å². The lowest BCUT2D eigenvalue weighted by atomic mass is 10.2. The Kier molecular flexibility index (Phi) is 6.32. The third-order valence-electron chi connectivity index (χ3n) is 1.01. The molecule has 0 aliphatic carbocycles. The minimum atomic E-state index is 0.290. The average molecular weight is 115 g/mol. The highest BCUT2D eigenvalue weighted by Gasteiger charge is 1.82. The number of hydrogen-bond acceptors (Lipinski definition) is 2.